The molecule has 4 rings (SSSR count). The molecule has 21 heavy (non-hydrogen) atoms. The minimum absolute atomic E-state index is 0.106. The Morgan fingerprint density at radius 3 is 2.67 bits per heavy atom. The molecule has 1 saturated carbocycles. The number of fused-ring (bicyclic) bond motifs is 3. The number of aryl methyl sites for hydroxylation is 1. The number of hydrogen-bond acceptors (Lipinski definition) is 2. The molecule has 0 radical (unpaired) electrons. The molecule has 114 valence electrons. The lowest BCUT2D eigenvalue weighted by molar-refractivity contribution is -0.145. The maximum Gasteiger partial charge on any atom is 0.0988 e. The third kappa shape index (κ3) is 2.64. The Balaban J connectivity index is 1.65. The van der Waals surface area contributed by atoms with Crippen LogP contribution in [0.5, 0.6) is 0 Å². The first-order valence-electron chi connectivity index (χ1n) is 8.85. The topological polar surface area (TPSA) is 21.3 Å². The molecule has 1 heterocycles. The van der Waals surface area contributed by atoms with Gasteiger partial charge in [0.2, 0.25) is 0 Å². The molecular weight excluding hydrogens is 258 g/mol. The Bertz CT molecular complexity index is 490. The van der Waals surface area contributed by atoms with Gasteiger partial charge in [-0.3, -0.25) is 0 Å². The van der Waals surface area contributed by atoms with Crippen molar-refractivity contribution in [3.05, 3.63) is 35.4 Å². The largest absolute Gasteiger partial charge is 0.364 e. The molecule has 1 saturated heterocycles. The van der Waals surface area contributed by atoms with Gasteiger partial charge in [0.1, 0.15) is 0 Å². The SMILES string of the molecule is c1ccc2c(c1)CCCC1NCC3(CCCCCC3)OC21. The molecule has 1 aliphatic heterocycles. The van der Waals surface area contributed by atoms with Gasteiger partial charge in [0, 0.05) is 12.6 Å². The van der Waals surface area contributed by atoms with E-state index in [1.807, 2.05) is 0 Å². The molecule has 3 aliphatic rings. The Hall–Kier alpha value is -0.860. The number of benzene rings is 1. The molecule has 2 atom stereocenters. The summed E-state index contributed by atoms with van der Waals surface area (Å²) in [4.78, 5) is 0. The van der Waals surface area contributed by atoms with Gasteiger partial charge >= 0.3 is 0 Å². The van der Waals surface area contributed by atoms with Crippen LogP contribution in [0.4, 0.5) is 0 Å². The minimum atomic E-state index is 0.106. The van der Waals surface area contributed by atoms with Crippen molar-refractivity contribution in [1.82, 2.24) is 5.32 Å². The predicted molar refractivity (Wildman–Crippen MR) is 85.4 cm³/mol. The maximum absolute atomic E-state index is 6.84. The molecule has 2 nitrogen and oxygen atoms in total. The van der Waals surface area contributed by atoms with Crippen LogP contribution < -0.4 is 5.32 Å². The normalized spacial score (nSPS) is 31.8. The van der Waals surface area contributed by atoms with Crippen LogP contribution in [0.2, 0.25) is 0 Å². The molecule has 2 heteroatoms. The van der Waals surface area contributed by atoms with Gasteiger partial charge in [0.15, 0.2) is 0 Å². The van der Waals surface area contributed by atoms with E-state index in [-0.39, 0.29) is 11.7 Å². The first kappa shape index (κ1) is 13.8. The van der Waals surface area contributed by atoms with Gasteiger partial charge in [-0.25, -0.2) is 0 Å². The van der Waals surface area contributed by atoms with E-state index in [0.717, 1.165) is 6.54 Å². The van der Waals surface area contributed by atoms with Crippen molar-refractivity contribution in [2.24, 2.45) is 0 Å². The minimum Gasteiger partial charge on any atom is -0.364 e. The Morgan fingerprint density at radius 2 is 1.81 bits per heavy atom. The van der Waals surface area contributed by atoms with E-state index in [1.54, 1.807) is 0 Å². The van der Waals surface area contributed by atoms with Gasteiger partial charge in [-0.2, -0.15) is 0 Å². The van der Waals surface area contributed by atoms with E-state index in [1.165, 1.54) is 68.9 Å². The summed E-state index contributed by atoms with van der Waals surface area (Å²) in [6.07, 6.45) is 11.9. The van der Waals surface area contributed by atoms with Gasteiger partial charge in [-0.05, 0) is 43.2 Å². The fraction of sp³-hybridized carbons (Fsp3) is 0.684. The standard InChI is InChI=1S/C19H27NO/c1-2-6-13-19(12-5-1)14-20-17-11-7-9-15-8-3-4-10-16(15)18(17)21-19/h3-4,8,10,17-18,20H,1-2,5-7,9,11-14H2. The summed E-state index contributed by atoms with van der Waals surface area (Å²) in [5.74, 6) is 0. The summed E-state index contributed by atoms with van der Waals surface area (Å²) < 4.78 is 6.84. The monoisotopic (exact) mass is 285 g/mol. The van der Waals surface area contributed by atoms with Crippen LogP contribution >= 0.6 is 0 Å². The van der Waals surface area contributed by atoms with E-state index in [9.17, 15) is 0 Å². The maximum atomic E-state index is 6.84. The van der Waals surface area contributed by atoms with Crippen molar-refractivity contribution in [1.29, 1.82) is 0 Å². The highest BCUT2D eigenvalue weighted by atomic mass is 16.5. The molecule has 0 aromatic heterocycles. The molecule has 2 unspecified atom stereocenters. The Morgan fingerprint density at radius 1 is 1.00 bits per heavy atom. The highest BCUT2D eigenvalue weighted by molar-refractivity contribution is 5.32. The average Bonchev–Trinajstić information content (AvgIpc) is 2.84. The first-order valence-corrected chi connectivity index (χ1v) is 8.85. The van der Waals surface area contributed by atoms with Crippen LogP contribution in [0, 0.1) is 0 Å². The molecule has 1 spiro atoms. The van der Waals surface area contributed by atoms with E-state index in [0.29, 0.717) is 6.04 Å². The zero-order chi connectivity index (χ0) is 14.1. The Kier molecular flexibility index (Phi) is 3.76. The van der Waals surface area contributed by atoms with E-state index >= 15 is 0 Å². The molecule has 2 fully saturated rings. The lowest BCUT2D eigenvalue weighted by Gasteiger charge is -2.45. The molecular formula is C19H27NO. The van der Waals surface area contributed by atoms with Crippen LogP contribution in [0.3, 0.4) is 0 Å². The second-order valence-electron chi connectivity index (χ2n) is 7.21. The Labute approximate surface area is 128 Å². The highest BCUT2D eigenvalue weighted by Gasteiger charge is 2.43. The molecule has 0 amide bonds. The molecule has 1 aromatic carbocycles. The summed E-state index contributed by atoms with van der Waals surface area (Å²) in [7, 11) is 0. The van der Waals surface area contributed by atoms with Crippen LogP contribution in [0.15, 0.2) is 24.3 Å². The first-order chi connectivity index (χ1) is 10.4. The second-order valence-corrected chi connectivity index (χ2v) is 7.21. The van der Waals surface area contributed by atoms with E-state index < -0.39 is 0 Å². The van der Waals surface area contributed by atoms with Crippen molar-refractivity contribution >= 4 is 0 Å². The molecule has 1 aromatic rings. The van der Waals surface area contributed by atoms with Gasteiger partial charge in [0.25, 0.3) is 0 Å². The van der Waals surface area contributed by atoms with Crippen LogP contribution in [-0.2, 0) is 11.2 Å². The lowest BCUT2D eigenvalue weighted by atomic mass is 9.88. The third-order valence-corrected chi connectivity index (χ3v) is 5.77. The second kappa shape index (κ2) is 5.73. The molecule has 1 N–H and O–H groups in total. The summed E-state index contributed by atoms with van der Waals surface area (Å²) in [6.45, 7) is 1.07. The van der Waals surface area contributed by atoms with Gasteiger partial charge in [-0.15, -0.1) is 0 Å². The number of ether oxygens (including phenoxy) is 1. The molecule has 0 bridgehead atoms. The zero-order valence-electron chi connectivity index (χ0n) is 12.9. The van der Waals surface area contributed by atoms with Gasteiger partial charge < -0.3 is 10.1 Å². The average molecular weight is 285 g/mol. The van der Waals surface area contributed by atoms with Crippen molar-refractivity contribution in [2.75, 3.05) is 6.54 Å². The van der Waals surface area contributed by atoms with Crippen molar-refractivity contribution in [2.45, 2.75) is 75.5 Å². The zero-order valence-corrected chi connectivity index (χ0v) is 12.9. The number of morpholine rings is 1. The van der Waals surface area contributed by atoms with E-state index in [4.69, 9.17) is 4.74 Å². The summed E-state index contributed by atoms with van der Waals surface area (Å²) in [5, 5.41) is 3.87. The summed E-state index contributed by atoms with van der Waals surface area (Å²) in [5.41, 5.74) is 3.07. The molecule has 2 aliphatic carbocycles. The van der Waals surface area contributed by atoms with Gasteiger partial charge in [0.05, 0.1) is 11.7 Å². The predicted octanol–water partition coefficient (Wildman–Crippen LogP) is 4.15. The quantitative estimate of drug-likeness (QED) is 0.773. The van der Waals surface area contributed by atoms with Crippen LogP contribution in [0.25, 0.3) is 0 Å². The third-order valence-electron chi connectivity index (χ3n) is 5.77. The number of hydrogen-bond donors (Lipinski definition) is 1. The fourth-order valence-electron chi connectivity index (χ4n) is 4.57. The smallest absolute Gasteiger partial charge is 0.0988 e. The van der Waals surface area contributed by atoms with Crippen LogP contribution in [-0.4, -0.2) is 18.2 Å². The highest BCUT2D eigenvalue weighted by Crippen LogP contribution is 2.42. The van der Waals surface area contributed by atoms with Gasteiger partial charge in [-0.1, -0.05) is 49.9 Å². The summed E-state index contributed by atoms with van der Waals surface area (Å²) >= 11 is 0. The van der Waals surface area contributed by atoms with E-state index in [2.05, 4.69) is 29.6 Å². The van der Waals surface area contributed by atoms with Crippen molar-refractivity contribution < 1.29 is 4.74 Å². The lowest BCUT2D eigenvalue weighted by Crippen LogP contribution is -2.55. The van der Waals surface area contributed by atoms with Crippen molar-refractivity contribution in [3.63, 3.8) is 0 Å². The number of rotatable bonds is 0. The summed E-state index contributed by atoms with van der Waals surface area (Å²) in [6, 6.07) is 9.48. The van der Waals surface area contributed by atoms with Crippen LogP contribution in [0.1, 0.15) is 68.6 Å². The number of nitrogens with one attached hydrogen (secondary N) is 1. The fourth-order valence-corrected chi connectivity index (χ4v) is 4.57. The van der Waals surface area contributed by atoms with Crippen molar-refractivity contribution in [3.8, 4) is 0 Å².